The van der Waals surface area contributed by atoms with Gasteiger partial charge in [0.25, 0.3) is 5.56 Å². The van der Waals surface area contributed by atoms with Crippen LogP contribution in [0, 0.1) is 18.8 Å². The van der Waals surface area contributed by atoms with E-state index < -0.39 is 0 Å². The zero-order valence-electron chi connectivity index (χ0n) is 15.2. The molecule has 4 heterocycles. The van der Waals surface area contributed by atoms with Gasteiger partial charge in [0.15, 0.2) is 4.96 Å². The Morgan fingerprint density at radius 1 is 1.30 bits per heavy atom. The van der Waals surface area contributed by atoms with Crippen molar-refractivity contribution in [2.75, 3.05) is 13.1 Å². The quantitative estimate of drug-likeness (QED) is 0.743. The van der Waals surface area contributed by atoms with E-state index in [4.69, 9.17) is 0 Å². The summed E-state index contributed by atoms with van der Waals surface area (Å²) < 4.78 is 3.53. The van der Waals surface area contributed by atoms with E-state index in [9.17, 15) is 9.90 Å². The van der Waals surface area contributed by atoms with Gasteiger partial charge in [0.2, 0.25) is 0 Å². The average Bonchev–Trinajstić information content (AvgIpc) is 3.33. The Balaban J connectivity index is 1.32. The van der Waals surface area contributed by atoms with E-state index >= 15 is 0 Å². The highest BCUT2D eigenvalue weighted by atomic mass is 32.1. The van der Waals surface area contributed by atoms with Crippen LogP contribution in [0.1, 0.15) is 29.5 Å². The molecule has 7 nitrogen and oxygen atoms in total. The molecule has 5 rings (SSSR count). The van der Waals surface area contributed by atoms with E-state index in [1.54, 1.807) is 28.0 Å². The normalized spacial score (nSPS) is 28.7. The zero-order valence-corrected chi connectivity index (χ0v) is 16.0. The molecule has 0 spiro atoms. The molecule has 1 saturated carbocycles. The Morgan fingerprint density at radius 3 is 2.89 bits per heavy atom. The summed E-state index contributed by atoms with van der Waals surface area (Å²) in [5.74, 6) is 1.05. The van der Waals surface area contributed by atoms with Crippen molar-refractivity contribution in [3.8, 4) is 0 Å². The molecule has 2 aliphatic rings. The lowest BCUT2D eigenvalue weighted by atomic mass is 9.77. The molecule has 0 amide bonds. The van der Waals surface area contributed by atoms with E-state index in [2.05, 4.69) is 15.0 Å². The predicted octanol–water partition coefficient (Wildman–Crippen LogP) is 1.70. The Labute approximate surface area is 160 Å². The lowest BCUT2D eigenvalue weighted by Crippen LogP contribution is -2.36. The van der Waals surface area contributed by atoms with Gasteiger partial charge in [-0.1, -0.05) is 0 Å². The largest absolute Gasteiger partial charge is 0.391 e. The maximum atomic E-state index is 12.3. The van der Waals surface area contributed by atoms with Crippen LogP contribution < -0.4 is 5.56 Å². The molecule has 8 heteroatoms. The Morgan fingerprint density at radius 2 is 2.11 bits per heavy atom. The van der Waals surface area contributed by atoms with Gasteiger partial charge in [-0.05, 0) is 37.7 Å². The molecule has 0 bridgehead atoms. The summed E-state index contributed by atoms with van der Waals surface area (Å²) >= 11 is 1.55. The van der Waals surface area contributed by atoms with Crippen molar-refractivity contribution in [1.29, 1.82) is 0 Å². The summed E-state index contributed by atoms with van der Waals surface area (Å²) in [6, 6.07) is 3.63. The molecule has 1 saturated heterocycles. The van der Waals surface area contributed by atoms with Crippen molar-refractivity contribution in [3.05, 3.63) is 51.6 Å². The third-order valence-electron chi connectivity index (χ3n) is 5.97. The first-order valence-corrected chi connectivity index (χ1v) is 10.3. The minimum Gasteiger partial charge on any atom is -0.391 e. The molecule has 0 radical (unpaired) electrons. The molecule has 3 aromatic rings. The minimum atomic E-state index is -0.348. The zero-order chi connectivity index (χ0) is 18.5. The average molecular weight is 385 g/mol. The van der Waals surface area contributed by atoms with Crippen LogP contribution in [0.4, 0.5) is 0 Å². The maximum Gasteiger partial charge on any atom is 0.258 e. The van der Waals surface area contributed by atoms with Gasteiger partial charge in [-0.3, -0.25) is 18.8 Å². The van der Waals surface area contributed by atoms with Gasteiger partial charge in [-0.25, -0.2) is 4.98 Å². The van der Waals surface area contributed by atoms with E-state index in [-0.39, 0.29) is 17.7 Å². The number of aryl methyl sites for hydroxylation is 1. The molecule has 4 atom stereocenters. The highest BCUT2D eigenvalue weighted by Crippen LogP contribution is 2.41. The number of thiazole rings is 1. The van der Waals surface area contributed by atoms with Gasteiger partial charge in [0.1, 0.15) is 0 Å². The van der Waals surface area contributed by atoms with Gasteiger partial charge in [0.05, 0.1) is 17.8 Å². The third-order valence-corrected chi connectivity index (χ3v) is 6.87. The first-order valence-electron chi connectivity index (χ1n) is 9.45. The molecule has 0 unspecified atom stereocenters. The number of fused-ring (bicyclic) bond motifs is 2. The van der Waals surface area contributed by atoms with Crippen molar-refractivity contribution < 1.29 is 5.11 Å². The van der Waals surface area contributed by atoms with Crippen molar-refractivity contribution in [2.24, 2.45) is 11.8 Å². The fraction of sp³-hybridized carbons (Fsp3) is 0.526. The number of rotatable bonds is 3. The molecule has 0 aromatic carbocycles. The van der Waals surface area contributed by atoms with Crippen LogP contribution in [-0.2, 0) is 6.54 Å². The number of nitrogens with zero attached hydrogens (tertiary/aromatic N) is 5. The van der Waals surface area contributed by atoms with Crippen molar-refractivity contribution in [3.63, 3.8) is 0 Å². The second-order valence-corrected chi connectivity index (χ2v) is 9.10. The van der Waals surface area contributed by atoms with Gasteiger partial charge >= 0.3 is 0 Å². The first kappa shape index (κ1) is 17.1. The van der Waals surface area contributed by atoms with Gasteiger partial charge in [-0.15, -0.1) is 11.3 Å². The van der Waals surface area contributed by atoms with Crippen LogP contribution in [-0.4, -0.2) is 48.4 Å². The van der Waals surface area contributed by atoms with E-state index in [1.807, 2.05) is 30.1 Å². The number of hydrogen-bond donors (Lipinski definition) is 1. The SMILES string of the molecule is Cc1cn2c(=O)cc(CN3C[C@H]4C[C@@H](n5cccn5)[C@H](O)C[C@H]4C3)nc2s1. The van der Waals surface area contributed by atoms with Crippen LogP contribution in [0.2, 0.25) is 0 Å². The molecule has 1 N–H and O–H groups in total. The van der Waals surface area contributed by atoms with Crippen LogP contribution >= 0.6 is 11.3 Å². The summed E-state index contributed by atoms with van der Waals surface area (Å²) in [6.45, 7) is 4.63. The fourth-order valence-electron chi connectivity index (χ4n) is 4.76. The lowest BCUT2D eigenvalue weighted by molar-refractivity contribution is 0.0306. The lowest BCUT2D eigenvalue weighted by Gasteiger charge is -2.35. The summed E-state index contributed by atoms with van der Waals surface area (Å²) in [4.78, 5) is 21.2. The third kappa shape index (κ3) is 3.11. The summed E-state index contributed by atoms with van der Waals surface area (Å²) in [7, 11) is 0. The second-order valence-electron chi connectivity index (χ2n) is 7.89. The number of aliphatic hydroxyl groups is 1. The number of aliphatic hydroxyl groups excluding tert-OH is 1. The number of likely N-dealkylation sites (tertiary alicyclic amines) is 1. The van der Waals surface area contributed by atoms with E-state index in [0.717, 1.165) is 41.5 Å². The maximum absolute atomic E-state index is 12.3. The summed E-state index contributed by atoms with van der Waals surface area (Å²) in [5, 5.41) is 14.9. The Hall–Kier alpha value is -2.03. The molecule has 27 heavy (non-hydrogen) atoms. The van der Waals surface area contributed by atoms with Crippen LogP contribution in [0.15, 0.2) is 35.5 Å². The van der Waals surface area contributed by atoms with Crippen molar-refractivity contribution in [2.45, 2.75) is 38.5 Å². The predicted molar refractivity (Wildman–Crippen MR) is 103 cm³/mol. The molecule has 2 fully saturated rings. The van der Waals surface area contributed by atoms with E-state index in [1.165, 1.54) is 0 Å². The highest BCUT2D eigenvalue weighted by molar-refractivity contribution is 7.16. The summed E-state index contributed by atoms with van der Waals surface area (Å²) in [5.41, 5.74) is 0.829. The smallest absolute Gasteiger partial charge is 0.258 e. The molecule has 142 valence electrons. The first-order chi connectivity index (χ1) is 13.1. The van der Waals surface area contributed by atoms with Gasteiger partial charge in [-0.2, -0.15) is 5.10 Å². The van der Waals surface area contributed by atoms with Gasteiger partial charge in [0, 0.05) is 49.2 Å². The second kappa shape index (κ2) is 6.54. The van der Waals surface area contributed by atoms with Crippen molar-refractivity contribution >= 4 is 16.3 Å². The topological polar surface area (TPSA) is 75.7 Å². The van der Waals surface area contributed by atoms with Gasteiger partial charge < -0.3 is 5.11 Å². The van der Waals surface area contributed by atoms with E-state index in [0.29, 0.717) is 18.4 Å². The molecular weight excluding hydrogens is 362 g/mol. The highest BCUT2D eigenvalue weighted by Gasteiger charge is 2.42. The molecular formula is C19H23N5O2S. The fourth-order valence-corrected chi connectivity index (χ4v) is 5.61. The van der Waals surface area contributed by atoms with Crippen molar-refractivity contribution in [1.82, 2.24) is 24.1 Å². The number of aromatic nitrogens is 4. The number of hydrogen-bond acceptors (Lipinski definition) is 6. The molecule has 1 aliphatic heterocycles. The molecule has 3 aromatic heterocycles. The molecule has 1 aliphatic carbocycles. The van der Waals surface area contributed by atoms with Crippen LogP contribution in [0.5, 0.6) is 0 Å². The Kier molecular flexibility index (Phi) is 4.14. The minimum absolute atomic E-state index is 0.00914. The Bertz CT molecular complexity index is 1010. The standard InChI is InChI=1S/C19H23N5O2S/c1-12-8-23-18(26)7-15(21-19(23)27-12)11-22-9-13-5-16(24-4-2-3-20-24)17(25)6-14(13)10-22/h2-4,7-8,13-14,16-17,25H,5-6,9-11H2,1H3/t13-,14+,16-,17-/m1/s1. The monoisotopic (exact) mass is 385 g/mol. The van der Waals surface area contributed by atoms with Crippen LogP contribution in [0.3, 0.4) is 0 Å². The van der Waals surface area contributed by atoms with Crippen LogP contribution in [0.25, 0.3) is 4.96 Å². The summed E-state index contributed by atoms with van der Waals surface area (Å²) in [6.07, 6.45) is 6.97.